The lowest BCUT2D eigenvalue weighted by Gasteiger charge is -2.10. The van der Waals surface area contributed by atoms with E-state index < -0.39 is 0 Å². The van der Waals surface area contributed by atoms with E-state index in [0.29, 0.717) is 22.6 Å². The van der Waals surface area contributed by atoms with Crippen molar-refractivity contribution in [3.63, 3.8) is 0 Å². The molecule has 2 heterocycles. The molecule has 0 atom stereocenters. The Morgan fingerprint density at radius 1 is 1.03 bits per heavy atom. The Hall–Kier alpha value is -3.38. The van der Waals surface area contributed by atoms with Crippen molar-refractivity contribution >= 4 is 28.3 Å². The van der Waals surface area contributed by atoms with Crippen molar-refractivity contribution in [2.75, 3.05) is 0 Å². The highest BCUT2D eigenvalue weighted by molar-refractivity contribution is 6.30. The molecule has 0 aliphatic heterocycles. The predicted molar refractivity (Wildman–Crippen MR) is 118 cm³/mol. The Morgan fingerprint density at radius 3 is 2.43 bits per heavy atom. The zero-order valence-corrected chi connectivity index (χ0v) is 17.5. The summed E-state index contributed by atoms with van der Waals surface area (Å²) in [6, 6.07) is 16.6. The monoisotopic (exact) mass is 420 g/mol. The zero-order chi connectivity index (χ0) is 21.3. The Kier molecular flexibility index (Phi) is 5.42. The highest BCUT2D eigenvalue weighted by Gasteiger charge is 2.18. The Labute approximate surface area is 178 Å². The first-order valence-electron chi connectivity index (χ1n) is 9.60. The number of para-hydroxylation sites is 1. The highest BCUT2D eigenvalue weighted by atomic mass is 35.5. The lowest BCUT2D eigenvalue weighted by molar-refractivity contribution is -0.121. The Balaban J connectivity index is 1.61. The number of nitrogens with one attached hydrogen (secondary N) is 1. The van der Waals surface area contributed by atoms with Gasteiger partial charge in [-0.05, 0) is 43.7 Å². The maximum atomic E-state index is 13.1. The number of aromatic nitrogens is 3. The molecule has 1 amide bonds. The van der Waals surface area contributed by atoms with Gasteiger partial charge in [0.25, 0.3) is 5.56 Å². The minimum Gasteiger partial charge on any atom is -0.350 e. The molecule has 2 aromatic carbocycles. The third-order valence-electron chi connectivity index (χ3n) is 5.24. The minimum absolute atomic E-state index is 0.130. The van der Waals surface area contributed by atoms with Crippen LogP contribution < -0.4 is 10.9 Å². The van der Waals surface area contributed by atoms with Crippen LogP contribution in [0.15, 0.2) is 65.6 Å². The molecule has 0 saturated heterocycles. The summed E-state index contributed by atoms with van der Waals surface area (Å²) in [5.41, 5.74) is 3.07. The van der Waals surface area contributed by atoms with E-state index in [0.717, 1.165) is 22.3 Å². The standard InChI is InChI=1S/C23H21ClN4O2/c1-15-20-13-26-28(19-6-4-3-5-7-19)23(30)22(20)16(2)27(15)14-21(29)25-12-17-8-10-18(24)11-9-17/h3-11,13H,12,14H2,1-2H3,(H,25,29). The van der Waals surface area contributed by atoms with Crippen LogP contribution in [-0.4, -0.2) is 20.3 Å². The van der Waals surface area contributed by atoms with Gasteiger partial charge in [-0.1, -0.05) is 41.9 Å². The SMILES string of the molecule is Cc1c2cnn(-c3ccccc3)c(=O)c2c(C)n1CC(=O)NCc1ccc(Cl)cc1. The number of fused-ring (bicyclic) bond motifs is 1. The van der Waals surface area contributed by atoms with E-state index >= 15 is 0 Å². The van der Waals surface area contributed by atoms with E-state index in [1.54, 1.807) is 18.3 Å². The van der Waals surface area contributed by atoms with Crippen LogP contribution in [0.4, 0.5) is 0 Å². The van der Waals surface area contributed by atoms with Crippen molar-refractivity contribution in [1.29, 1.82) is 0 Å². The van der Waals surface area contributed by atoms with E-state index in [2.05, 4.69) is 10.4 Å². The number of benzene rings is 2. The lowest BCUT2D eigenvalue weighted by Crippen LogP contribution is -2.28. The molecule has 0 saturated carbocycles. The molecule has 0 bridgehead atoms. The van der Waals surface area contributed by atoms with Crippen LogP contribution in [0, 0.1) is 13.8 Å². The molecule has 30 heavy (non-hydrogen) atoms. The van der Waals surface area contributed by atoms with E-state index in [1.165, 1.54) is 4.68 Å². The summed E-state index contributed by atoms with van der Waals surface area (Å²) in [6.07, 6.45) is 1.69. The molecule has 0 fully saturated rings. The molecule has 0 unspecified atom stereocenters. The summed E-state index contributed by atoms with van der Waals surface area (Å²) in [5.74, 6) is -0.132. The molecule has 6 nitrogen and oxygen atoms in total. The van der Waals surface area contributed by atoms with Crippen LogP contribution in [0.25, 0.3) is 16.5 Å². The van der Waals surface area contributed by atoms with E-state index in [9.17, 15) is 9.59 Å². The van der Waals surface area contributed by atoms with Crippen molar-refractivity contribution in [2.24, 2.45) is 0 Å². The Bertz CT molecular complexity index is 1270. The van der Waals surface area contributed by atoms with Crippen molar-refractivity contribution in [3.05, 3.63) is 93.1 Å². The second kappa shape index (κ2) is 8.16. The number of carbonyl (C=O) groups excluding carboxylic acids is 1. The summed E-state index contributed by atoms with van der Waals surface area (Å²) in [7, 11) is 0. The van der Waals surface area contributed by atoms with Crippen LogP contribution in [0.2, 0.25) is 5.02 Å². The number of halogens is 1. The Morgan fingerprint density at radius 2 is 1.73 bits per heavy atom. The van der Waals surface area contributed by atoms with Crippen LogP contribution >= 0.6 is 11.6 Å². The normalized spacial score (nSPS) is 11.0. The van der Waals surface area contributed by atoms with E-state index in [1.807, 2.05) is 60.9 Å². The van der Waals surface area contributed by atoms with Gasteiger partial charge in [-0.2, -0.15) is 9.78 Å². The van der Waals surface area contributed by atoms with Gasteiger partial charge < -0.3 is 9.88 Å². The summed E-state index contributed by atoms with van der Waals surface area (Å²) in [4.78, 5) is 25.7. The van der Waals surface area contributed by atoms with Crippen LogP contribution in [0.1, 0.15) is 17.0 Å². The van der Waals surface area contributed by atoms with Crippen LogP contribution in [0.5, 0.6) is 0 Å². The van der Waals surface area contributed by atoms with Gasteiger partial charge in [-0.3, -0.25) is 9.59 Å². The van der Waals surface area contributed by atoms with Crippen LogP contribution in [-0.2, 0) is 17.9 Å². The van der Waals surface area contributed by atoms with E-state index in [-0.39, 0.29) is 18.0 Å². The van der Waals surface area contributed by atoms with Crippen molar-refractivity contribution in [3.8, 4) is 5.69 Å². The molecule has 0 spiro atoms. The smallest absolute Gasteiger partial charge is 0.281 e. The fourth-order valence-electron chi connectivity index (χ4n) is 3.60. The first-order valence-corrected chi connectivity index (χ1v) is 9.98. The first-order chi connectivity index (χ1) is 14.5. The van der Waals surface area contributed by atoms with Gasteiger partial charge in [0, 0.05) is 28.3 Å². The minimum atomic E-state index is -0.195. The second-order valence-electron chi connectivity index (χ2n) is 7.15. The highest BCUT2D eigenvalue weighted by Crippen LogP contribution is 2.22. The molecular weight excluding hydrogens is 400 g/mol. The molecule has 1 N–H and O–H groups in total. The maximum absolute atomic E-state index is 13.1. The quantitative estimate of drug-likeness (QED) is 0.534. The number of carbonyl (C=O) groups is 1. The molecule has 0 radical (unpaired) electrons. The summed E-state index contributed by atoms with van der Waals surface area (Å²) >= 11 is 5.90. The molecule has 0 aliphatic rings. The molecule has 2 aromatic heterocycles. The number of nitrogens with zero attached hydrogens (tertiary/aromatic N) is 3. The van der Waals surface area contributed by atoms with Crippen molar-refractivity contribution < 1.29 is 4.79 Å². The number of hydrogen-bond donors (Lipinski definition) is 1. The lowest BCUT2D eigenvalue weighted by atomic mass is 10.2. The fraction of sp³-hybridized carbons (Fsp3) is 0.174. The topological polar surface area (TPSA) is 68.9 Å². The molecule has 4 aromatic rings. The fourth-order valence-corrected chi connectivity index (χ4v) is 3.73. The summed E-state index contributed by atoms with van der Waals surface area (Å²) in [5, 5.41) is 9.25. The molecular formula is C23H21ClN4O2. The van der Waals surface area contributed by atoms with Gasteiger partial charge >= 0.3 is 0 Å². The summed E-state index contributed by atoms with van der Waals surface area (Å²) < 4.78 is 3.25. The first kappa shape index (κ1) is 19.9. The maximum Gasteiger partial charge on any atom is 0.281 e. The molecule has 152 valence electrons. The van der Waals surface area contributed by atoms with Crippen molar-refractivity contribution in [2.45, 2.75) is 26.9 Å². The third kappa shape index (κ3) is 3.74. The number of aryl methyl sites for hydroxylation is 2. The van der Waals surface area contributed by atoms with Gasteiger partial charge in [-0.25, -0.2) is 0 Å². The van der Waals surface area contributed by atoms with Gasteiger partial charge in [0.2, 0.25) is 5.91 Å². The van der Waals surface area contributed by atoms with Gasteiger partial charge in [0.05, 0.1) is 17.3 Å². The van der Waals surface area contributed by atoms with E-state index in [4.69, 9.17) is 11.6 Å². The van der Waals surface area contributed by atoms with Gasteiger partial charge in [0.15, 0.2) is 0 Å². The van der Waals surface area contributed by atoms with Crippen LogP contribution in [0.3, 0.4) is 0 Å². The van der Waals surface area contributed by atoms with Gasteiger partial charge in [-0.15, -0.1) is 0 Å². The average Bonchev–Trinajstić information content (AvgIpc) is 2.99. The molecule has 0 aliphatic carbocycles. The molecule has 4 rings (SSSR count). The average molecular weight is 421 g/mol. The predicted octanol–water partition coefficient (Wildman–Crippen LogP) is 3.77. The number of rotatable bonds is 5. The molecule has 7 heteroatoms. The van der Waals surface area contributed by atoms with Gasteiger partial charge in [0.1, 0.15) is 6.54 Å². The summed E-state index contributed by atoms with van der Waals surface area (Å²) in [6.45, 7) is 4.30. The number of amides is 1. The second-order valence-corrected chi connectivity index (χ2v) is 7.58. The number of hydrogen-bond acceptors (Lipinski definition) is 3. The largest absolute Gasteiger partial charge is 0.350 e. The van der Waals surface area contributed by atoms with Crippen molar-refractivity contribution in [1.82, 2.24) is 19.7 Å². The third-order valence-corrected chi connectivity index (χ3v) is 5.50. The zero-order valence-electron chi connectivity index (χ0n) is 16.7.